The summed E-state index contributed by atoms with van der Waals surface area (Å²) >= 11 is 0. The normalized spacial score (nSPS) is 19.8. The van der Waals surface area contributed by atoms with Crippen molar-refractivity contribution in [3.63, 3.8) is 0 Å². The number of likely N-dealkylation sites (tertiary alicyclic amines) is 1. The lowest BCUT2D eigenvalue weighted by Crippen LogP contribution is -2.49. The summed E-state index contributed by atoms with van der Waals surface area (Å²) in [5.74, 6) is 0.632. The first-order valence-corrected chi connectivity index (χ1v) is 8.82. The van der Waals surface area contributed by atoms with Gasteiger partial charge in [0.25, 0.3) is 0 Å². The van der Waals surface area contributed by atoms with Crippen LogP contribution < -0.4 is 4.72 Å². The first-order valence-electron chi connectivity index (χ1n) is 6.93. The van der Waals surface area contributed by atoms with Crippen molar-refractivity contribution in [3.05, 3.63) is 17.0 Å². The highest BCUT2D eigenvalue weighted by molar-refractivity contribution is 7.88. The van der Waals surface area contributed by atoms with Gasteiger partial charge in [-0.05, 0) is 26.7 Å². The second-order valence-corrected chi connectivity index (χ2v) is 7.33. The van der Waals surface area contributed by atoms with Gasteiger partial charge in [-0.3, -0.25) is 4.79 Å². The second kappa shape index (κ2) is 6.15. The molecule has 0 aliphatic carbocycles. The summed E-state index contributed by atoms with van der Waals surface area (Å²) in [6.45, 7) is 4.66. The van der Waals surface area contributed by atoms with E-state index in [0.717, 1.165) is 30.4 Å². The Morgan fingerprint density at radius 2 is 2.19 bits per heavy atom. The number of nitrogens with one attached hydrogen (secondary N) is 1. The molecule has 0 unspecified atom stereocenters. The van der Waals surface area contributed by atoms with Crippen molar-refractivity contribution < 1.29 is 17.7 Å². The zero-order chi connectivity index (χ0) is 15.6. The van der Waals surface area contributed by atoms with Crippen LogP contribution in [0, 0.1) is 13.8 Å². The van der Waals surface area contributed by atoms with Gasteiger partial charge < -0.3 is 9.42 Å². The fourth-order valence-electron chi connectivity index (χ4n) is 2.62. The number of hydrogen-bond acceptors (Lipinski definition) is 5. The zero-order valence-corrected chi connectivity index (χ0v) is 13.4. The van der Waals surface area contributed by atoms with E-state index in [1.165, 1.54) is 0 Å². The number of amides is 1. The minimum Gasteiger partial charge on any atom is -0.361 e. The molecule has 1 aliphatic heterocycles. The van der Waals surface area contributed by atoms with Gasteiger partial charge in [-0.25, -0.2) is 13.1 Å². The maximum absolute atomic E-state index is 12.4. The van der Waals surface area contributed by atoms with E-state index in [9.17, 15) is 13.2 Å². The fraction of sp³-hybridized carbons (Fsp3) is 0.692. The quantitative estimate of drug-likeness (QED) is 0.867. The Kier molecular flexibility index (Phi) is 4.67. The van der Waals surface area contributed by atoms with Gasteiger partial charge in [-0.1, -0.05) is 5.16 Å². The van der Waals surface area contributed by atoms with Crippen LogP contribution in [0.25, 0.3) is 0 Å². The topological polar surface area (TPSA) is 92.5 Å². The molecule has 21 heavy (non-hydrogen) atoms. The number of rotatable bonds is 4. The molecule has 0 spiro atoms. The van der Waals surface area contributed by atoms with E-state index in [4.69, 9.17) is 4.52 Å². The number of carbonyl (C=O) groups is 1. The molecule has 7 nitrogen and oxygen atoms in total. The van der Waals surface area contributed by atoms with Crippen molar-refractivity contribution in [2.45, 2.75) is 39.2 Å². The molecule has 0 saturated carbocycles. The van der Waals surface area contributed by atoms with Gasteiger partial charge in [0.05, 0.1) is 18.4 Å². The lowest BCUT2D eigenvalue weighted by atomic mass is 10.0. The first kappa shape index (κ1) is 16.0. The van der Waals surface area contributed by atoms with Crippen LogP contribution in [0.3, 0.4) is 0 Å². The van der Waals surface area contributed by atoms with Crippen LogP contribution in [-0.4, -0.2) is 49.8 Å². The molecule has 0 radical (unpaired) electrons. The molecule has 0 aromatic carbocycles. The van der Waals surface area contributed by atoms with Crippen molar-refractivity contribution in [2.75, 3.05) is 19.3 Å². The molecule has 8 heteroatoms. The van der Waals surface area contributed by atoms with Gasteiger partial charge in [0.1, 0.15) is 5.76 Å². The number of piperidine rings is 1. The van der Waals surface area contributed by atoms with E-state index in [0.29, 0.717) is 18.8 Å². The summed E-state index contributed by atoms with van der Waals surface area (Å²) in [7, 11) is -3.25. The summed E-state index contributed by atoms with van der Waals surface area (Å²) in [5.41, 5.74) is 1.54. The van der Waals surface area contributed by atoms with Gasteiger partial charge in [0.15, 0.2) is 0 Å². The molecular weight excluding hydrogens is 294 g/mol. The lowest BCUT2D eigenvalue weighted by Gasteiger charge is -2.32. The van der Waals surface area contributed by atoms with E-state index in [1.807, 2.05) is 6.92 Å². The molecule has 2 heterocycles. The summed E-state index contributed by atoms with van der Waals surface area (Å²) < 4.78 is 30.2. The summed E-state index contributed by atoms with van der Waals surface area (Å²) in [6, 6.07) is -0.206. The fourth-order valence-corrected chi connectivity index (χ4v) is 3.42. The van der Waals surface area contributed by atoms with E-state index < -0.39 is 10.0 Å². The van der Waals surface area contributed by atoms with Crippen molar-refractivity contribution in [1.29, 1.82) is 0 Å². The zero-order valence-electron chi connectivity index (χ0n) is 12.5. The number of sulfonamides is 1. The largest absolute Gasteiger partial charge is 0.361 e. The Bertz CT molecular complexity index is 604. The highest BCUT2D eigenvalue weighted by Gasteiger charge is 2.26. The lowest BCUT2D eigenvalue weighted by molar-refractivity contribution is -0.131. The number of carbonyl (C=O) groups excluding carboxylic acids is 1. The maximum Gasteiger partial charge on any atom is 0.227 e. The maximum atomic E-state index is 12.4. The van der Waals surface area contributed by atoms with Gasteiger partial charge in [-0.15, -0.1) is 0 Å². The molecule has 1 saturated heterocycles. The number of hydrogen-bond donors (Lipinski definition) is 1. The van der Waals surface area contributed by atoms with Crippen LogP contribution in [-0.2, 0) is 21.2 Å². The average Bonchev–Trinajstić information content (AvgIpc) is 2.69. The molecular formula is C13H21N3O4S. The molecule has 2 rings (SSSR count). The Balaban J connectivity index is 1.99. The molecule has 1 amide bonds. The van der Waals surface area contributed by atoms with Gasteiger partial charge in [-0.2, -0.15) is 0 Å². The molecule has 1 atom stereocenters. The third-order valence-corrected chi connectivity index (χ3v) is 4.43. The van der Waals surface area contributed by atoms with Crippen molar-refractivity contribution >= 4 is 15.9 Å². The number of nitrogens with zero attached hydrogens (tertiary/aromatic N) is 2. The predicted octanol–water partition coefficient (Wildman–Crippen LogP) is 0.374. The number of aromatic nitrogens is 1. The van der Waals surface area contributed by atoms with Gasteiger partial charge in [0.2, 0.25) is 15.9 Å². The van der Waals surface area contributed by atoms with Crippen LogP contribution in [0.15, 0.2) is 4.52 Å². The summed E-state index contributed by atoms with van der Waals surface area (Å²) in [4.78, 5) is 14.1. The van der Waals surface area contributed by atoms with E-state index in [2.05, 4.69) is 9.88 Å². The van der Waals surface area contributed by atoms with Crippen LogP contribution in [0.4, 0.5) is 0 Å². The third kappa shape index (κ3) is 4.28. The van der Waals surface area contributed by atoms with Crippen LogP contribution in [0.5, 0.6) is 0 Å². The third-order valence-electron chi connectivity index (χ3n) is 3.66. The van der Waals surface area contributed by atoms with Gasteiger partial charge in [0, 0.05) is 24.7 Å². The molecule has 1 fully saturated rings. The van der Waals surface area contributed by atoms with E-state index in [-0.39, 0.29) is 18.4 Å². The Morgan fingerprint density at radius 3 is 2.76 bits per heavy atom. The standard InChI is InChI=1S/C13H21N3O4S/c1-9-12(10(2)20-14-9)7-13(17)16-6-4-5-11(8-16)15-21(3,18)19/h11,15H,4-8H2,1-3H3/t11-/m1/s1. The van der Waals surface area contributed by atoms with Gasteiger partial charge >= 0.3 is 0 Å². The summed E-state index contributed by atoms with van der Waals surface area (Å²) in [5, 5.41) is 3.84. The second-order valence-electron chi connectivity index (χ2n) is 5.55. The molecule has 1 N–H and O–H groups in total. The first-order chi connectivity index (χ1) is 9.76. The average molecular weight is 315 g/mol. The highest BCUT2D eigenvalue weighted by Crippen LogP contribution is 2.17. The minimum atomic E-state index is -3.25. The van der Waals surface area contributed by atoms with Crippen LogP contribution >= 0.6 is 0 Å². The van der Waals surface area contributed by atoms with Crippen molar-refractivity contribution in [2.24, 2.45) is 0 Å². The van der Waals surface area contributed by atoms with E-state index in [1.54, 1.807) is 11.8 Å². The Morgan fingerprint density at radius 1 is 1.48 bits per heavy atom. The molecule has 1 aromatic heterocycles. The molecule has 1 aromatic rings. The van der Waals surface area contributed by atoms with Crippen molar-refractivity contribution in [1.82, 2.24) is 14.8 Å². The molecule has 118 valence electrons. The smallest absolute Gasteiger partial charge is 0.227 e. The monoisotopic (exact) mass is 315 g/mol. The minimum absolute atomic E-state index is 0.0237. The predicted molar refractivity (Wildman–Crippen MR) is 77.3 cm³/mol. The Labute approximate surface area is 124 Å². The van der Waals surface area contributed by atoms with Crippen LogP contribution in [0.2, 0.25) is 0 Å². The Hall–Kier alpha value is -1.41. The molecule has 0 bridgehead atoms. The van der Waals surface area contributed by atoms with Crippen molar-refractivity contribution in [3.8, 4) is 0 Å². The van der Waals surface area contributed by atoms with Crippen LogP contribution in [0.1, 0.15) is 29.9 Å². The highest BCUT2D eigenvalue weighted by atomic mass is 32.2. The summed E-state index contributed by atoms with van der Waals surface area (Å²) in [6.07, 6.45) is 2.92. The molecule has 1 aliphatic rings. The van der Waals surface area contributed by atoms with E-state index >= 15 is 0 Å². The number of aryl methyl sites for hydroxylation is 2. The SMILES string of the molecule is Cc1noc(C)c1CC(=O)N1CCC[C@@H](NS(C)(=O)=O)C1.